The molecular weight excluding hydrogens is 368 g/mol. The molecule has 0 fully saturated rings. The van der Waals surface area contributed by atoms with Crippen molar-refractivity contribution in [3.05, 3.63) is 57.6 Å². The summed E-state index contributed by atoms with van der Waals surface area (Å²) in [5.41, 5.74) is 4.79. The van der Waals surface area contributed by atoms with Crippen LogP contribution in [-0.2, 0) is 24.3 Å². The number of hydrogen-bond donors (Lipinski definition) is 1. The summed E-state index contributed by atoms with van der Waals surface area (Å²) in [4.78, 5) is 14.2. The molecule has 1 N–H and O–H groups in total. The Morgan fingerprint density at radius 1 is 1.25 bits per heavy atom. The summed E-state index contributed by atoms with van der Waals surface area (Å²) in [7, 11) is 0. The summed E-state index contributed by atoms with van der Waals surface area (Å²) >= 11 is 3.54. The van der Waals surface area contributed by atoms with Gasteiger partial charge in [0, 0.05) is 24.1 Å². The van der Waals surface area contributed by atoms with Crippen LogP contribution in [0.5, 0.6) is 5.75 Å². The Morgan fingerprint density at radius 2 is 2.12 bits per heavy atom. The van der Waals surface area contributed by atoms with E-state index in [1.54, 1.807) is 6.92 Å². The molecule has 0 aliphatic carbocycles. The number of fused-ring (bicyclic) bond motifs is 2. The molecule has 2 heterocycles. The van der Waals surface area contributed by atoms with Crippen molar-refractivity contribution in [2.75, 3.05) is 11.9 Å². The minimum absolute atomic E-state index is 0.0860. The van der Waals surface area contributed by atoms with E-state index in [0.717, 1.165) is 42.0 Å². The smallest absolute Gasteiger partial charge is 0.265 e. The molecule has 1 unspecified atom stereocenters. The monoisotopic (exact) mass is 386 g/mol. The van der Waals surface area contributed by atoms with Crippen LogP contribution in [0.15, 0.2) is 40.9 Å². The van der Waals surface area contributed by atoms with Crippen LogP contribution in [0.25, 0.3) is 0 Å². The second-order valence-electron chi connectivity index (χ2n) is 6.45. The Labute approximate surface area is 149 Å². The number of halogens is 1. The zero-order valence-electron chi connectivity index (χ0n) is 13.5. The number of nitrogens with zero attached hydrogens (tertiary/aromatic N) is 1. The highest BCUT2D eigenvalue weighted by Gasteiger charge is 2.24. The molecule has 0 radical (unpaired) electrons. The van der Waals surface area contributed by atoms with E-state index in [1.165, 1.54) is 16.7 Å². The summed E-state index contributed by atoms with van der Waals surface area (Å²) in [6.07, 6.45) is 0.637. The minimum atomic E-state index is -0.429. The molecular formula is C19H19BrN2O2. The standard InChI is InChI=1S/C19H19BrN2O2/c1-12-19(23)21-17-8-13(2-5-18(17)24-12)10-22-7-6-14-9-16(20)4-3-15(14)11-22/h2-5,8-9,12H,6-7,10-11H2,1H3,(H,21,23). The number of amides is 1. The Morgan fingerprint density at radius 3 is 3.00 bits per heavy atom. The molecule has 24 heavy (non-hydrogen) atoms. The first-order valence-corrected chi connectivity index (χ1v) is 8.98. The third kappa shape index (κ3) is 3.06. The molecule has 1 amide bonds. The van der Waals surface area contributed by atoms with E-state index in [-0.39, 0.29) is 5.91 Å². The van der Waals surface area contributed by atoms with Crippen LogP contribution >= 0.6 is 15.9 Å². The van der Waals surface area contributed by atoms with E-state index in [9.17, 15) is 4.79 Å². The largest absolute Gasteiger partial charge is 0.479 e. The molecule has 2 aromatic carbocycles. The first-order valence-electron chi connectivity index (χ1n) is 8.18. The zero-order chi connectivity index (χ0) is 16.7. The van der Waals surface area contributed by atoms with Gasteiger partial charge in [-0.1, -0.05) is 28.1 Å². The summed E-state index contributed by atoms with van der Waals surface area (Å²) < 4.78 is 6.76. The third-order valence-corrected chi connectivity index (χ3v) is 5.13. The summed E-state index contributed by atoms with van der Waals surface area (Å²) in [5, 5.41) is 2.92. The maximum Gasteiger partial charge on any atom is 0.265 e. The van der Waals surface area contributed by atoms with Gasteiger partial charge in [-0.15, -0.1) is 0 Å². The summed E-state index contributed by atoms with van der Waals surface area (Å²) in [5.74, 6) is 0.664. The van der Waals surface area contributed by atoms with E-state index >= 15 is 0 Å². The Hall–Kier alpha value is -1.85. The lowest BCUT2D eigenvalue weighted by atomic mass is 9.99. The van der Waals surface area contributed by atoms with Gasteiger partial charge in [-0.05, 0) is 54.3 Å². The van der Waals surface area contributed by atoms with Crippen molar-refractivity contribution < 1.29 is 9.53 Å². The van der Waals surface area contributed by atoms with Gasteiger partial charge in [-0.25, -0.2) is 0 Å². The molecule has 5 heteroatoms. The molecule has 2 aliphatic heterocycles. The highest BCUT2D eigenvalue weighted by atomic mass is 79.9. The lowest BCUT2D eigenvalue weighted by Gasteiger charge is -2.29. The predicted octanol–water partition coefficient (Wildman–Crippen LogP) is 3.73. The number of nitrogens with one attached hydrogen (secondary N) is 1. The zero-order valence-corrected chi connectivity index (χ0v) is 15.1. The lowest BCUT2D eigenvalue weighted by molar-refractivity contribution is -0.122. The molecule has 2 aliphatic rings. The molecule has 0 spiro atoms. The van der Waals surface area contributed by atoms with Crippen LogP contribution in [0.2, 0.25) is 0 Å². The minimum Gasteiger partial charge on any atom is -0.479 e. The van der Waals surface area contributed by atoms with Crippen molar-refractivity contribution in [2.45, 2.75) is 32.5 Å². The van der Waals surface area contributed by atoms with E-state index in [0.29, 0.717) is 0 Å². The normalized spacial score (nSPS) is 19.9. The first-order chi connectivity index (χ1) is 11.6. The number of rotatable bonds is 2. The van der Waals surface area contributed by atoms with Crippen molar-refractivity contribution in [1.29, 1.82) is 0 Å². The van der Waals surface area contributed by atoms with Crippen molar-refractivity contribution >= 4 is 27.5 Å². The lowest BCUT2D eigenvalue weighted by Crippen LogP contribution is -2.34. The van der Waals surface area contributed by atoms with Crippen LogP contribution in [0.1, 0.15) is 23.6 Å². The molecule has 0 saturated heterocycles. The van der Waals surface area contributed by atoms with Gasteiger partial charge in [0.05, 0.1) is 5.69 Å². The van der Waals surface area contributed by atoms with E-state index in [2.05, 4.69) is 50.4 Å². The van der Waals surface area contributed by atoms with Gasteiger partial charge in [0.15, 0.2) is 6.10 Å². The van der Waals surface area contributed by atoms with E-state index in [4.69, 9.17) is 4.74 Å². The Kier molecular flexibility index (Phi) is 4.06. The van der Waals surface area contributed by atoms with Gasteiger partial charge >= 0.3 is 0 Å². The predicted molar refractivity (Wildman–Crippen MR) is 97.1 cm³/mol. The molecule has 0 saturated carbocycles. The summed E-state index contributed by atoms with van der Waals surface area (Å²) in [6.45, 7) is 4.63. The van der Waals surface area contributed by atoms with Gasteiger partial charge < -0.3 is 10.1 Å². The highest BCUT2D eigenvalue weighted by molar-refractivity contribution is 9.10. The number of anilines is 1. The van der Waals surface area contributed by atoms with Crippen molar-refractivity contribution in [3.63, 3.8) is 0 Å². The fraction of sp³-hybridized carbons (Fsp3) is 0.316. The van der Waals surface area contributed by atoms with Gasteiger partial charge in [0.25, 0.3) is 5.91 Å². The number of ether oxygens (including phenoxy) is 1. The topological polar surface area (TPSA) is 41.6 Å². The quantitative estimate of drug-likeness (QED) is 0.854. The van der Waals surface area contributed by atoms with Gasteiger partial charge in [0.2, 0.25) is 0 Å². The number of carbonyl (C=O) groups excluding carboxylic acids is 1. The second kappa shape index (κ2) is 6.22. The van der Waals surface area contributed by atoms with Crippen molar-refractivity contribution in [2.24, 2.45) is 0 Å². The highest BCUT2D eigenvalue weighted by Crippen LogP contribution is 2.31. The van der Waals surface area contributed by atoms with Gasteiger partial charge in [-0.3, -0.25) is 9.69 Å². The maximum absolute atomic E-state index is 11.8. The Bertz CT molecular complexity index is 806. The van der Waals surface area contributed by atoms with Crippen LogP contribution in [0.4, 0.5) is 5.69 Å². The van der Waals surface area contributed by atoms with Crippen molar-refractivity contribution in [1.82, 2.24) is 4.90 Å². The average Bonchev–Trinajstić information content (AvgIpc) is 2.56. The van der Waals surface area contributed by atoms with Crippen LogP contribution in [-0.4, -0.2) is 23.5 Å². The molecule has 0 bridgehead atoms. The third-order valence-electron chi connectivity index (χ3n) is 4.64. The summed E-state index contributed by atoms with van der Waals surface area (Å²) in [6, 6.07) is 12.6. The molecule has 2 aromatic rings. The van der Waals surface area contributed by atoms with Gasteiger partial charge in [-0.2, -0.15) is 0 Å². The number of hydrogen-bond acceptors (Lipinski definition) is 3. The van der Waals surface area contributed by atoms with Crippen LogP contribution in [0.3, 0.4) is 0 Å². The van der Waals surface area contributed by atoms with E-state index < -0.39 is 6.10 Å². The van der Waals surface area contributed by atoms with Crippen LogP contribution < -0.4 is 10.1 Å². The molecule has 1 atom stereocenters. The van der Waals surface area contributed by atoms with E-state index in [1.807, 2.05) is 12.1 Å². The number of carbonyl (C=O) groups is 1. The molecule has 124 valence electrons. The van der Waals surface area contributed by atoms with Gasteiger partial charge in [0.1, 0.15) is 5.75 Å². The SMILES string of the molecule is CC1Oc2ccc(CN3CCc4cc(Br)ccc4C3)cc2NC1=O. The fourth-order valence-electron chi connectivity index (χ4n) is 3.33. The first kappa shape index (κ1) is 15.7. The molecule has 4 rings (SSSR count). The maximum atomic E-state index is 11.8. The van der Waals surface area contributed by atoms with Crippen LogP contribution in [0, 0.1) is 0 Å². The Balaban J connectivity index is 1.49. The number of benzene rings is 2. The average molecular weight is 387 g/mol. The molecule has 0 aromatic heterocycles. The fourth-order valence-corrected chi connectivity index (χ4v) is 3.74. The second-order valence-corrected chi connectivity index (χ2v) is 7.37. The van der Waals surface area contributed by atoms with Crippen molar-refractivity contribution in [3.8, 4) is 5.75 Å². The molecule has 4 nitrogen and oxygen atoms in total.